The summed E-state index contributed by atoms with van der Waals surface area (Å²) in [6.45, 7) is 1.52. The molecule has 0 saturated carbocycles. The van der Waals surface area contributed by atoms with E-state index in [-0.39, 0.29) is 11.2 Å². The molecule has 1 unspecified atom stereocenters. The lowest BCUT2D eigenvalue weighted by Gasteiger charge is -2.35. The second-order valence-electron chi connectivity index (χ2n) is 4.62. The highest BCUT2D eigenvalue weighted by atomic mass is 32.2. The third-order valence-corrected chi connectivity index (χ3v) is 5.81. The van der Waals surface area contributed by atoms with Crippen LogP contribution >= 0.6 is 11.8 Å². The van der Waals surface area contributed by atoms with Crippen molar-refractivity contribution in [2.75, 3.05) is 31.9 Å². The molecule has 2 saturated heterocycles. The molecule has 0 aliphatic carbocycles. The van der Waals surface area contributed by atoms with Crippen molar-refractivity contribution in [1.82, 2.24) is 9.21 Å². The molecule has 104 valence electrons. The summed E-state index contributed by atoms with van der Waals surface area (Å²) in [7, 11) is -3.61. The average molecular weight is 293 g/mol. The Labute approximate surface area is 112 Å². The van der Waals surface area contributed by atoms with Gasteiger partial charge in [-0.05, 0) is 18.6 Å². The third kappa shape index (κ3) is 3.37. The zero-order valence-electron chi connectivity index (χ0n) is 10.2. The number of carbonyl (C=O) groups excluding carboxylic acids is 1. The van der Waals surface area contributed by atoms with Gasteiger partial charge in [0.15, 0.2) is 0 Å². The van der Waals surface area contributed by atoms with Gasteiger partial charge in [-0.25, -0.2) is 5.14 Å². The highest BCUT2D eigenvalue weighted by molar-refractivity contribution is 8.00. The molecule has 0 radical (unpaired) electrons. The second-order valence-corrected chi connectivity index (χ2v) is 7.48. The minimum Gasteiger partial charge on any atom is -0.339 e. The molecule has 0 bridgehead atoms. The van der Waals surface area contributed by atoms with Crippen molar-refractivity contribution in [2.24, 2.45) is 5.14 Å². The first-order valence-electron chi connectivity index (χ1n) is 6.17. The van der Waals surface area contributed by atoms with E-state index in [1.54, 1.807) is 16.7 Å². The summed E-state index contributed by atoms with van der Waals surface area (Å²) in [6, 6.07) is 0. The molecule has 1 atom stereocenters. The van der Waals surface area contributed by atoms with Crippen LogP contribution in [0.1, 0.15) is 19.3 Å². The summed E-state index contributed by atoms with van der Waals surface area (Å²) in [5.74, 6) is 1.21. The maximum atomic E-state index is 12.2. The van der Waals surface area contributed by atoms with Gasteiger partial charge in [-0.2, -0.15) is 12.7 Å². The lowest BCUT2D eigenvalue weighted by Crippen LogP contribution is -2.53. The Hall–Kier alpha value is -0.310. The van der Waals surface area contributed by atoms with Gasteiger partial charge in [0.25, 0.3) is 10.2 Å². The molecule has 1 amide bonds. The Balaban J connectivity index is 1.87. The van der Waals surface area contributed by atoms with Crippen molar-refractivity contribution >= 4 is 27.9 Å². The number of nitrogens with two attached hydrogens (primary N) is 1. The van der Waals surface area contributed by atoms with E-state index < -0.39 is 10.2 Å². The van der Waals surface area contributed by atoms with Gasteiger partial charge in [-0.15, -0.1) is 11.8 Å². The van der Waals surface area contributed by atoms with Crippen LogP contribution in [0.2, 0.25) is 0 Å². The van der Waals surface area contributed by atoms with Crippen LogP contribution in [-0.2, 0) is 15.0 Å². The summed E-state index contributed by atoms with van der Waals surface area (Å²) in [6.07, 6.45) is 3.24. The zero-order valence-corrected chi connectivity index (χ0v) is 11.9. The van der Waals surface area contributed by atoms with Gasteiger partial charge in [0.2, 0.25) is 5.91 Å². The van der Waals surface area contributed by atoms with E-state index in [0.717, 1.165) is 18.6 Å². The van der Waals surface area contributed by atoms with Crippen LogP contribution in [0.25, 0.3) is 0 Å². The summed E-state index contributed by atoms with van der Waals surface area (Å²) in [5, 5.41) is 5.13. The van der Waals surface area contributed by atoms with E-state index in [9.17, 15) is 13.2 Å². The fraction of sp³-hybridized carbons (Fsp3) is 0.900. The predicted octanol–water partition coefficient (Wildman–Crippen LogP) is -0.380. The average Bonchev–Trinajstić information content (AvgIpc) is 2.38. The Kier molecular flexibility index (Phi) is 4.52. The maximum Gasteiger partial charge on any atom is 0.277 e. The van der Waals surface area contributed by atoms with Gasteiger partial charge in [0.1, 0.15) is 0 Å². The highest BCUT2D eigenvalue weighted by Gasteiger charge is 2.31. The van der Waals surface area contributed by atoms with E-state index in [4.69, 9.17) is 5.14 Å². The monoisotopic (exact) mass is 293 g/mol. The van der Waals surface area contributed by atoms with Crippen molar-refractivity contribution in [3.63, 3.8) is 0 Å². The highest BCUT2D eigenvalue weighted by Crippen LogP contribution is 2.27. The Bertz CT molecular complexity index is 399. The number of nitrogens with zero attached hydrogens (tertiary/aromatic N) is 2. The smallest absolute Gasteiger partial charge is 0.277 e. The van der Waals surface area contributed by atoms with Gasteiger partial charge < -0.3 is 4.90 Å². The van der Waals surface area contributed by atoms with Gasteiger partial charge >= 0.3 is 0 Å². The number of hydrogen-bond donors (Lipinski definition) is 1. The minimum atomic E-state index is -3.61. The molecule has 0 spiro atoms. The van der Waals surface area contributed by atoms with Crippen LogP contribution in [-0.4, -0.2) is 60.7 Å². The molecule has 2 heterocycles. The molecule has 2 aliphatic rings. The van der Waals surface area contributed by atoms with E-state index in [1.165, 1.54) is 10.7 Å². The molecule has 0 aromatic rings. The molecule has 2 fully saturated rings. The number of amides is 1. The largest absolute Gasteiger partial charge is 0.339 e. The lowest BCUT2D eigenvalue weighted by atomic mass is 10.1. The molecule has 2 rings (SSSR count). The number of piperazine rings is 1. The first-order valence-corrected chi connectivity index (χ1v) is 8.72. The SMILES string of the molecule is NS(=O)(=O)N1CCN(C(=O)C2CCCCS2)CC1. The van der Waals surface area contributed by atoms with Crippen molar-refractivity contribution in [3.05, 3.63) is 0 Å². The van der Waals surface area contributed by atoms with E-state index in [2.05, 4.69) is 0 Å². The summed E-state index contributed by atoms with van der Waals surface area (Å²) >= 11 is 1.72. The van der Waals surface area contributed by atoms with Crippen LogP contribution < -0.4 is 5.14 Å². The maximum absolute atomic E-state index is 12.2. The number of carbonyl (C=O) groups is 1. The minimum absolute atomic E-state index is 0.0692. The fourth-order valence-electron chi connectivity index (χ4n) is 2.30. The molecule has 8 heteroatoms. The zero-order chi connectivity index (χ0) is 13.2. The molecule has 2 N–H and O–H groups in total. The number of thioether (sulfide) groups is 1. The number of hydrogen-bond acceptors (Lipinski definition) is 4. The summed E-state index contributed by atoms with van der Waals surface area (Å²) in [4.78, 5) is 14.0. The lowest BCUT2D eigenvalue weighted by molar-refractivity contribution is -0.132. The molecular formula is C10H19N3O3S2. The molecule has 6 nitrogen and oxygen atoms in total. The van der Waals surface area contributed by atoms with Crippen LogP contribution in [0.15, 0.2) is 0 Å². The predicted molar refractivity (Wildman–Crippen MR) is 71.4 cm³/mol. The van der Waals surface area contributed by atoms with Gasteiger partial charge in [0.05, 0.1) is 5.25 Å². The first kappa shape index (κ1) is 14.1. The molecule has 0 aromatic heterocycles. The van der Waals surface area contributed by atoms with Crippen LogP contribution in [0, 0.1) is 0 Å². The summed E-state index contributed by atoms with van der Waals surface area (Å²) in [5.41, 5.74) is 0. The second kappa shape index (κ2) is 5.77. The van der Waals surface area contributed by atoms with Gasteiger partial charge in [-0.3, -0.25) is 4.79 Å². The normalized spacial score (nSPS) is 27.2. The van der Waals surface area contributed by atoms with Crippen molar-refractivity contribution in [1.29, 1.82) is 0 Å². The Morgan fingerprint density at radius 2 is 1.83 bits per heavy atom. The third-order valence-electron chi connectivity index (χ3n) is 3.37. The Morgan fingerprint density at radius 3 is 2.33 bits per heavy atom. The molecule has 2 aliphatic heterocycles. The standard InChI is InChI=1S/C10H19N3O3S2/c11-18(15,16)13-6-4-12(5-7-13)10(14)9-3-1-2-8-17-9/h9H,1-8H2,(H2,11,15,16). The Morgan fingerprint density at radius 1 is 1.17 bits per heavy atom. The van der Waals surface area contributed by atoms with Crippen LogP contribution in [0.5, 0.6) is 0 Å². The first-order chi connectivity index (χ1) is 8.48. The van der Waals surface area contributed by atoms with Gasteiger partial charge in [0, 0.05) is 26.2 Å². The van der Waals surface area contributed by atoms with Gasteiger partial charge in [-0.1, -0.05) is 6.42 Å². The fourth-order valence-corrected chi connectivity index (χ4v) is 4.25. The van der Waals surface area contributed by atoms with Crippen LogP contribution in [0.4, 0.5) is 0 Å². The quantitative estimate of drug-likeness (QED) is 0.752. The molecule has 18 heavy (non-hydrogen) atoms. The summed E-state index contributed by atoms with van der Waals surface area (Å²) < 4.78 is 23.5. The topological polar surface area (TPSA) is 83.7 Å². The van der Waals surface area contributed by atoms with Crippen molar-refractivity contribution in [3.8, 4) is 0 Å². The molecule has 0 aromatic carbocycles. The van der Waals surface area contributed by atoms with E-state index in [1.807, 2.05) is 0 Å². The number of rotatable bonds is 2. The van der Waals surface area contributed by atoms with Crippen molar-refractivity contribution < 1.29 is 13.2 Å². The van der Waals surface area contributed by atoms with E-state index in [0.29, 0.717) is 26.2 Å². The molecular weight excluding hydrogens is 274 g/mol. The van der Waals surface area contributed by atoms with Crippen LogP contribution in [0.3, 0.4) is 0 Å². The van der Waals surface area contributed by atoms with Crippen molar-refractivity contribution in [2.45, 2.75) is 24.5 Å². The van der Waals surface area contributed by atoms with E-state index >= 15 is 0 Å².